The molecule has 1 saturated heterocycles. The van der Waals surface area contributed by atoms with E-state index in [2.05, 4.69) is 0 Å². The normalized spacial score (nSPS) is 21.7. The van der Waals surface area contributed by atoms with E-state index < -0.39 is 36.0 Å². The van der Waals surface area contributed by atoms with E-state index >= 15 is 0 Å². The number of carbonyl (C=O) groups is 1. The largest absolute Gasteiger partial charge is 0.435 e. The number of carbonyl (C=O) groups excluding carboxylic acids is 1. The summed E-state index contributed by atoms with van der Waals surface area (Å²) < 4.78 is 39.7. The minimum atomic E-state index is -1.28. The van der Waals surface area contributed by atoms with Crippen LogP contribution in [0.2, 0.25) is 0 Å². The first-order chi connectivity index (χ1) is 25.1. The lowest BCUT2D eigenvalue weighted by Crippen LogP contribution is -2.65. The van der Waals surface area contributed by atoms with Gasteiger partial charge in [0.25, 0.3) is 0 Å². The molecule has 0 radical (unpaired) electrons. The molecule has 1 fully saturated rings. The van der Waals surface area contributed by atoms with Crippen LogP contribution in [-0.2, 0) is 65.2 Å². The topological polar surface area (TPSA) is 72.5 Å². The van der Waals surface area contributed by atoms with Crippen LogP contribution < -0.4 is 0 Å². The van der Waals surface area contributed by atoms with E-state index in [-0.39, 0.29) is 13.2 Å². The lowest BCUT2D eigenvalue weighted by Gasteiger charge is -2.52. The van der Waals surface area contributed by atoms with Crippen molar-refractivity contribution in [3.05, 3.63) is 192 Å². The second-order valence-electron chi connectivity index (χ2n) is 12.5. The van der Waals surface area contributed by atoms with E-state index in [1.54, 1.807) is 6.08 Å². The molecule has 262 valence electrons. The van der Waals surface area contributed by atoms with Gasteiger partial charge >= 0.3 is 5.97 Å². The van der Waals surface area contributed by atoms with Gasteiger partial charge in [-0.25, -0.2) is 0 Å². The molecule has 6 rings (SSSR count). The Morgan fingerprint density at radius 1 is 0.588 bits per heavy atom. The molecule has 5 aromatic rings. The van der Waals surface area contributed by atoms with Crippen molar-refractivity contribution in [1.29, 1.82) is 0 Å². The van der Waals surface area contributed by atoms with E-state index in [9.17, 15) is 4.79 Å². The van der Waals surface area contributed by atoms with Crippen LogP contribution >= 0.6 is 0 Å². The number of benzene rings is 5. The van der Waals surface area contributed by atoms with Gasteiger partial charge in [-0.3, -0.25) is 4.79 Å². The van der Waals surface area contributed by atoms with Crippen LogP contribution in [0.25, 0.3) is 0 Å². The second-order valence-corrected chi connectivity index (χ2v) is 12.5. The fourth-order valence-electron chi connectivity index (χ4n) is 6.30. The molecular weight excluding hydrogens is 640 g/mol. The zero-order valence-electron chi connectivity index (χ0n) is 28.8. The van der Waals surface area contributed by atoms with Crippen LogP contribution in [0.15, 0.2) is 164 Å². The second kappa shape index (κ2) is 18.4. The maximum Gasteiger partial charge on any atom is 0.307 e. The summed E-state index contributed by atoms with van der Waals surface area (Å²) in [6.07, 6.45) is 0.466. The lowest BCUT2D eigenvalue weighted by atomic mass is 9.79. The van der Waals surface area contributed by atoms with Crippen LogP contribution in [0.1, 0.15) is 34.7 Å². The van der Waals surface area contributed by atoms with Crippen LogP contribution in [0, 0.1) is 0 Å². The third kappa shape index (κ3) is 9.88. The predicted molar refractivity (Wildman–Crippen MR) is 195 cm³/mol. The number of hydrogen-bond donors (Lipinski definition) is 0. The summed E-state index contributed by atoms with van der Waals surface area (Å²) >= 11 is 0. The molecule has 0 saturated carbocycles. The number of hydrogen-bond acceptors (Lipinski definition) is 7. The SMILES string of the molecule is CC(=O)O/C=C/[C@]1(c2ccccc2)O[C@H](COCc2ccccc2)[C@H](OCc2ccccc2)[C@H](OCc2ccccc2)[C@H]1OCc1ccccc1. The molecule has 0 spiro atoms. The molecule has 0 bridgehead atoms. The molecule has 5 atom stereocenters. The monoisotopic (exact) mass is 684 g/mol. The maximum atomic E-state index is 12.0. The van der Waals surface area contributed by atoms with Crippen molar-refractivity contribution in [2.45, 2.75) is 63.4 Å². The summed E-state index contributed by atoms with van der Waals surface area (Å²) in [5, 5.41) is 0. The summed E-state index contributed by atoms with van der Waals surface area (Å²) in [6.45, 7) is 2.85. The molecule has 1 aliphatic heterocycles. The zero-order chi connectivity index (χ0) is 35.1. The minimum Gasteiger partial charge on any atom is -0.435 e. The Kier molecular flexibility index (Phi) is 12.9. The van der Waals surface area contributed by atoms with Crippen LogP contribution in [-0.4, -0.2) is 37.0 Å². The van der Waals surface area contributed by atoms with Crippen LogP contribution in [0.5, 0.6) is 0 Å². The summed E-state index contributed by atoms with van der Waals surface area (Å²) in [6, 6.07) is 49.9. The number of esters is 1. The first kappa shape index (κ1) is 35.9. The first-order valence-electron chi connectivity index (χ1n) is 17.3. The minimum absolute atomic E-state index is 0.195. The van der Waals surface area contributed by atoms with Gasteiger partial charge in [0.05, 0.1) is 39.3 Å². The van der Waals surface area contributed by atoms with Crippen molar-refractivity contribution in [3.8, 4) is 0 Å². The average molecular weight is 685 g/mol. The molecule has 1 heterocycles. The predicted octanol–water partition coefficient (Wildman–Crippen LogP) is 8.33. The fraction of sp³-hybridized carbons (Fsp3) is 0.250. The van der Waals surface area contributed by atoms with Gasteiger partial charge in [-0.15, -0.1) is 0 Å². The van der Waals surface area contributed by atoms with Crippen molar-refractivity contribution in [1.82, 2.24) is 0 Å². The maximum absolute atomic E-state index is 12.0. The van der Waals surface area contributed by atoms with Crippen molar-refractivity contribution in [2.75, 3.05) is 6.61 Å². The summed E-state index contributed by atoms with van der Waals surface area (Å²) in [5.74, 6) is -0.448. The first-order valence-corrected chi connectivity index (χ1v) is 17.3. The Balaban J connectivity index is 1.44. The van der Waals surface area contributed by atoms with Crippen molar-refractivity contribution in [3.63, 3.8) is 0 Å². The van der Waals surface area contributed by atoms with E-state index in [1.807, 2.05) is 152 Å². The highest BCUT2D eigenvalue weighted by molar-refractivity contribution is 5.66. The van der Waals surface area contributed by atoms with E-state index in [1.165, 1.54) is 13.2 Å². The Morgan fingerprint density at radius 3 is 1.51 bits per heavy atom. The lowest BCUT2D eigenvalue weighted by molar-refractivity contribution is -0.300. The molecule has 0 N–H and O–H groups in total. The molecule has 0 aliphatic carbocycles. The van der Waals surface area contributed by atoms with Gasteiger partial charge in [0, 0.05) is 6.92 Å². The molecule has 7 nitrogen and oxygen atoms in total. The number of rotatable bonds is 16. The highest BCUT2D eigenvalue weighted by atomic mass is 16.6. The molecule has 5 aromatic carbocycles. The van der Waals surface area contributed by atoms with E-state index in [0.29, 0.717) is 19.8 Å². The Hall–Kier alpha value is -4.89. The summed E-state index contributed by atoms with van der Waals surface area (Å²) in [5.41, 5.74) is 3.57. The smallest absolute Gasteiger partial charge is 0.307 e. The summed E-state index contributed by atoms with van der Waals surface area (Å²) in [4.78, 5) is 12.0. The van der Waals surface area contributed by atoms with Crippen LogP contribution in [0.3, 0.4) is 0 Å². The van der Waals surface area contributed by atoms with Crippen molar-refractivity contribution >= 4 is 5.97 Å². The van der Waals surface area contributed by atoms with Gasteiger partial charge in [0.2, 0.25) is 0 Å². The molecule has 0 unspecified atom stereocenters. The van der Waals surface area contributed by atoms with Crippen LogP contribution in [0.4, 0.5) is 0 Å². The molecule has 0 aromatic heterocycles. The van der Waals surface area contributed by atoms with Gasteiger partial charge in [-0.2, -0.15) is 0 Å². The molecule has 7 heteroatoms. The Bertz CT molecular complexity index is 1770. The third-order valence-corrected chi connectivity index (χ3v) is 8.77. The average Bonchev–Trinajstić information content (AvgIpc) is 3.18. The zero-order valence-corrected chi connectivity index (χ0v) is 28.8. The standard InChI is InChI=1S/C44H44O7/c1-34(45)47-28-27-44(39-25-15-6-16-26-39)43(50-32-38-23-13-5-14-24-38)42(49-31-37-21-11-4-12-22-37)41(48-30-36-19-9-3-10-20-36)40(51-44)33-46-29-35-17-7-2-8-18-35/h2-28,40-43H,29-33H2,1H3/b28-27+/t40-,41+,42+,43-,44-/m1/s1. The Morgan fingerprint density at radius 2 is 1.02 bits per heavy atom. The van der Waals surface area contributed by atoms with Crippen molar-refractivity contribution < 1.29 is 33.2 Å². The molecule has 1 aliphatic rings. The van der Waals surface area contributed by atoms with Gasteiger partial charge in [-0.05, 0) is 33.9 Å². The molecular formula is C44H44O7. The molecule has 51 heavy (non-hydrogen) atoms. The quantitative estimate of drug-likeness (QED) is 0.0765. The van der Waals surface area contributed by atoms with Gasteiger partial charge in [0.1, 0.15) is 30.0 Å². The highest BCUT2D eigenvalue weighted by Gasteiger charge is 2.56. The third-order valence-electron chi connectivity index (χ3n) is 8.77. The van der Waals surface area contributed by atoms with Gasteiger partial charge < -0.3 is 28.4 Å². The van der Waals surface area contributed by atoms with Gasteiger partial charge in [0.15, 0.2) is 0 Å². The van der Waals surface area contributed by atoms with E-state index in [0.717, 1.165) is 27.8 Å². The highest BCUT2D eigenvalue weighted by Crippen LogP contribution is 2.44. The van der Waals surface area contributed by atoms with Crippen molar-refractivity contribution in [2.24, 2.45) is 0 Å². The fourth-order valence-corrected chi connectivity index (χ4v) is 6.30. The summed E-state index contributed by atoms with van der Waals surface area (Å²) in [7, 11) is 0. The Labute approximate surface area is 300 Å². The molecule has 0 amide bonds. The number of ether oxygens (including phenoxy) is 6. The van der Waals surface area contributed by atoms with Gasteiger partial charge in [-0.1, -0.05) is 152 Å². The van der Waals surface area contributed by atoms with E-state index in [4.69, 9.17) is 28.4 Å².